The highest BCUT2D eigenvalue weighted by molar-refractivity contribution is 9.10. The molecule has 0 heterocycles. The van der Waals surface area contributed by atoms with Crippen LogP contribution in [0.1, 0.15) is 36.5 Å². The fraction of sp³-hybridized carbons (Fsp3) is 0.273. The van der Waals surface area contributed by atoms with E-state index in [4.69, 9.17) is 4.74 Å². The van der Waals surface area contributed by atoms with Crippen LogP contribution in [0, 0.1) is 6.92 Å². The molecule has 0 saturated carbocycles. The second kappa shape index (κ2) is 13.9. The zero-order chi connectivity index (χ0) is 27.6. The molecule has 0 aromatic heterocycles. The molecule has 0 fully saturated rings. The van der Waals surface area contributed by atoms with Gasteiger partial charge in [0, 0.05) is 19.5 Å². The largest absolute Gasteiger partial charge is 0.483 e. The quantitative estimate of drug-likeness (QED) is 0.185. The Morgan fingerprint density at radius 2 is 1.62 bits per heavy atom. The monoisotopic (exact) mass is 586 g/mol. The number of nitrogens with one attached hydrogen (secondary N) is 1. The summed E-state index contributed by atoms with van der Waals surface area (Å²) in [5.41, 5.74) is 3.09. The molecule has 0 spiro atoms. The molecule has 0 unspecified atom stereocenters. The van der Waals surface area contributed by atoms with Crippen molar-refractivity contribution in [1.82, 2.24) is 10.2 Å². The molecular formula is C33H35BrN2O3. The molecule has 0 aliphatic carbocycles. The van der Waals surface area contributed by atoms with Gasteiger partial charge < -0.3 is 15.0 Å². The van der Waals surface area contributed by atoms with Gasteiger partial charge in [-0.3, -0.25) is 9.59 Å². The molecule has 0 radical (unpaired) electrons. The van der Waals surface area contributed by atoms with Crippen LogP contribution in [0.4, 0.5) is 0 Å². The standard InChI is InChI=1S/C33H35BrN2O3/c1-3-4-20-35-33(38)29(21-25-10-6-5-7-11-25)36(22-26-16-14-24(2)15-17-26)31(37)23-39-30-19-18-27-12-8-9-13-28(27)32(30)34/h5-19,29H,3-4,20-23H2,1-2H3,(H,35,38)/t29-/m1/s1. The van der Waals surface area contributed by atoms with Crippen LogP contribution in [0.5, 0.6) is 5.75 Å². The van der Waals surface area contributed by atoms with Crippen LogP contribution in [0.25, 0.3) is 10.8 Å². The van der Waals surface area contributed by atoms with Crippen molar-refractivity contribution in [3.8, 4) is 5.75 Å². The molecule has 0 aliphatic rings. The molecule has 2 amide bonds. The van der Waals surface area contributed by atoms with Gasteiger partial charge in [-0.1, -0.05) is 104 Å². The summed E-state index contributed by atoms with van der Waals surface area (Å²) in [5.74, 6) is 0.186. The number of carbonyl (C=O) groups is 2. The Kier molecular flexibility index (Phi) is 10.1. The molecule has 0 bridgehead atoms. The number of carbonyl (C=O) groups excluding carboxylic acids is 2. The van der Waals surface area contributed by atoms with Crippen molar-refractivity contribution in [3.63, 3.8) is 0 Å². The number of nitrogens with zero attached hydrogens (tertiary/aromatic N) is 1. The van der Waals surface area contributed by atoms with Crippen LogP contribution >= 0.6 is 15.9 Å². The lowest BCUT2D eigenvalue weighted by molar-refractivity contribution is -0.142. The normalized spacial score (nSPS) is 11.7. The summed E-state index contributed by atoms with van der Waals surface area (Å²) < 4.78 is 6.86. The lowest BCUT2D eigenvalue weighted by Gasteiger charge is -2.31. The van der Waals surface area contributed by atoms with Gasteiger partial charge in [0.25, 0.3) is 5.91 Å². The Labute approximate surface area is 239 Å². The number of fused-ring (bicyclic) bond motifs is 1. The number of unbranched alkanes of at least 4 members (excludes halogenated alkanes) is 1. The van der Waals surface area contributed by atoms with Crippen molar-refractivity contribution < 1.29 is 14.3 Å². The second-order valence-corrected chi connectivity index (χ2v) is 10.5. The van der Waals surface area contributed by atoms with E-state index in [2.05, 4.69) is 28.2 Å². The minimum Gasteiger partial charge on any atom is -0.483 e. The molecule has 4 aromatic rings. The number of benzene rings is 4. The first-order valence-electron chi connectivity index (χ1n) is 13.4. The van der Waals surface area contributed by atoms with E-state index in [1.165, 1.54) is 0 Å². The minimum atomic E-state index is -0.679. The van der Waals surface area contributed by atoms with Crippen LogP contribution in [0.15, 0.2) is 95.5 Å². The van der Waals surface area contributed by atoms with Crippen LogP contribution in [0.3, 0.4) is 0 Å². The summed E-state index contributed by atoms with van der Waals surface area (Å²) in [6.07, 6.45) is 2.27. The van der Waals surface area contributed by atoms with Gasteiger partial charge in [-0.05, 0) is 57.2 Å². The average Bonchev–Trinajstić information content (AvgIpc) is 2.96. The molecule has 4 aromatic carbocycles. The molecule has 202 valence electrons. The summed E-state index contributed by atoms with van der Waals surface area (Å²) in [6, 6.07) is 29.0. The van der Waals surface area contributed by atoms with Crippen LogP contribution in [0.2, 0.25) is 0 Å². The smallest absolute Gasteiger partial charge is 0.261 e. The number of rotatable bonds is 12. The third-order valence-electron chi connectivity index (χ3n) is 6.75. The minimum absolute atomic E-state index is 0.153. The van der Waals surface area contributed by atoms with E-state index >= 15 is 0 Å². The number of hydrogen-bond acceptors (Lipinski definition) is 3. The van der Waals surface area contributed by atoms with Crippen molar-refractivity contribution in [2.45, 2.75) is 45.7 Å². The van der Waals surface area contributed by atoms with E-state index < -0.39 is 6.04 Å². The lowest BCUT2D eigenvalue weighted by Crippen LogP contribution is -2.51. The van der Waals surface area contributed by atoms with Gasteiger partial charge in [0.05, 0.1) is 4.47 Å². The summed E-state index contributed by atoms with van der Waals surface area (Å²) in [4.78, 5) is 29.0. The molecule has 5 nitrogen and oxygen atoms in total. The Bertz CT molecular complexity index is 1390. The van der Waals surface area contributed by atoms with Crippen molar-refractivity contribution in [2.75, 3.05) is 13.2 Å². The first kappa shape index (κ1) is 28.4. The second-order valence-electron chi connectivity index (χ2n) is 9.74. The zero-order valence-electron chi connectivity index (χ0n) is 22.5. The Morgan fingerprint density at radius 3 is 2.36 bits per heavy atom. The van der Waals surface area contributed by atoms with Gasteiger partial charge in [-0.25, -0.2) is 0 Å². The summed E-state index contributed by atoms with van der Waals surface area (Å²) in [5, 5.41) is 5.15. The van der Waals surface area contributed by atoms with E-state index in [1.807, 2.05) is 97.9 Å². The Morgan fingerprint density at radius 1 is 0.897 bits per heavy atom. The Hall–Kier alpha value is -3.64. The highest BCUT2D eigenvalue weighted by Gasteiger charge is 2.30. The van der Waals surface area contributed by atoms with Gasteiger partial charge >= 0.3 is 0 Å². The lowest BCUT2D eigenvalue weighted by atomic mass is 10.0. The number of halogens is 1. The third kappa shape index (κ3) is 7.70. The molecule has 39 heavy (non-hydrogen) atoms. The van der Waals surface area contributed by atoms with Crippen molar-refractivity contribution >= 4 is 38.5 Å². The topological polar surface area (TPSA) is 58.6 Å². The van der Waals surface area contributed by atoms with Gasteiger partial charge in [0.1, 0.15) is 11.8 Å². The highest BCUT2D eigenvalue weighted by atomic mass is 79.9. The maximum atomic E-state index is 13.8. The zero-order valence-corrected chi connectivity index (χ0v) is 24.1. The highest BCUT2D eigenvalue weighted by Crippen LogP contribution is 2.33. The van der Waals surface area contributed by atoms with E-state index in [0.29, 0.717) is 25.3 Å². The Balaban J connectivity index is 1.61. The SMILES string of the molecule is CCCCNC(=O)[C@@H](Cc1ccccc1)N(Cc1ccc(C)cc1)C(=O)COc1ccc2ccccc2c1Br. The van der Waals surface area contributed by atoms with Gasteiger partial charge in [-0.15, -0.1) is 0 Å². The summed E-state index contributed by atoms with van der Waals surface area (Å²) >= 11 is 3.65. The van der Waals surface area contributed by atoms with Gasteiger partial charge in [0.2, 0.25) is 5.91 Å². The van der Waals surface area contributed by atoms with E-state index in [0.717, 1.165) is 44.8 Å². The number of aryl methyl sites for hydroxylation is 1. The molecule has 6 heteroatoms. The molecule has 0 saturated heterocycles. The van der Waals surface area contributed by atoms with E-state index in [9.17, 15) is 9.59 Å². The maximum absolute atomic E-state index is 13.8. The fourth-order valence-corrected chi connectivity index (χ4v) is 5.11. The van der Waals surface area contributed by atoms with E-state index in [-0.39, 0.29) is 18.4 Å². The van der Waals surface area contributed by atoms with Crippen LogP contribution < -0.4 is 10.1 Å². The van der Waals surface area contributed by atoms with Crippen LogP contribution in [-0.4, -0.2) is 35.9 Å². The molecule has 4 rings (SSSR count). The first-order chi connectivity index (χ1) is 19.0. The van der Waals surface area contributed by atoms with Gasteiger partial charge in [0.15, 0.2) is 6.61 Å². The maximum Gasteiger partial charge on any atom is 0.261 e. The molecule has 1 atom stereocenters. The predicted molar refractivity (Wildman–Crippen MR) is 161 cm³/mol. The number of hydrogen-bond donors (Lipinski definition) is 1. The third-order valence-corrected chi connectivity index (χ3v) is 7.57. The predicted octanol–water partition coefficient (Wildman–Crippen LogP) is 6.85. The molecule has 0 aliphatic heterocycles. The average molecular weight is 588 g/mol. The number of ether oxygens (including phenoxy) is 1. The molecular weight excluding hydrogens is 552 g/mol. The van der Waals surface area contributed by atoms with Crippen molar-refractivity contribution in [1.29, 1.82) is 0 Å². The van der Waals surface area contributed by atoms with Gasteiger partial charge in [-0.2, -0.15) is 0 Å². The summed E-state index contributed by atoms with van der Waals surface area (Å²) in [6.45, 7) is 4.81. The first-order valence-corrected chi connectivity index (χ1v) is 14.2. The molecule has 1 N–H and O–H groups in total. The van der Waals surface area contributed by atoms with Crippen LogP contribution in [-0.2, 0) is 22.6 Å². The summed E-state index contributed by atoms with van der Waals surface area (Å²) in [7, 11) is 0. The van der Waals surface area contributed by atoms with Crippen molar-refractivity contribution in [2.24, 2.45) is 0 Å². The fourth-order valence-electron chi connectivity index (χ4n) is 4.50. The number of amides is 2. The van der Waals surface area contributed by atoms with Crippen molar-refractivity contribution in [3.05, 3.63) is 112 Å². The van der Waals surface area contributed by atoms with E-state index in [1.54, 1.807) is 4.90 Å².